The van der Waals surface area contributed by atoms with Crippen molar-refractivity contribution in [2.45, 2.75) is 5.97 Å². The second-order valence-corrected chi connectivity index (χ2v) is 4.13. The van der Waals surface area contributed by atoms with E-state index in [9.17, 15) is 20.4 Å². The Morgan fingerprint density at radius 1 is 1.09 bits per heavy atom. The summed E-state index contributed by atoms with van der Waals surface area (Å²) in [5, 5.41) is 41.3. The van der Waals surface area contributed by atoms with E-state index >= 15 is 0 Å². The van der Waals surface area contributed by atoms with Crippen molar-refractivity contribution in [3.63, 3.8) is 0 Å². The fourth-order valence-corrected chi connectivity index (χ4v) is 1.78. The maximum absolute atomic E-state index is 12.0. The topological polar surface area (TPSA) is 236 Å². The van der Waals surface area contributed by atoms with Gasteiger partial charge in [-0.1, -0.05) is 0 Å². The molecule has 15 heteroatoms. The van der Waals surface area contributed by atoms with E-state index in [-0.39, 0.29) is 14.7 Å². The number of aromatic nitrogens is 4. The van der Waals surface area contributed by atoms with E-state index in [1.807, 2.05) is 0 Å². The van der Waals surface area contributed by atoms with Gasteiger partial charge in [0, 0.05) is 0 Å². The molecular weight excluding hydrogens is 308 g/mol. The summed E-state index contributed by atoms with van der Waals surface area (Å²) in [5.41, 5.74) is 12.0. The third-order valence-electron chi connectivity index (χ3n) is 2.53. The molecule has 0 saturated heterocycles. The molecule has 0 bridgehead atoms. The van der Waals surface area contributed by atoms with Crippen molar-refractivity contribution in [1.29, 1.82) is 0 Å². The molecule has 6 N–H and O–H groups in total. The Hall–Kier alpha value is -3.30. The normalized spacial score (nSPS) is 13.8. The first-order chi connectivity index (χ1) is 10.2. The van der Waals surface area contributed by atoms with E-state index in [2.05, 4.69) is 24.4 Å². The van der Waals surface area contributed by atoms with Gasteiger partial charge in [-0.15, -0.1) is 0 Å². The average molecular weight is 314 g/mol. The molecule has 0 radical (unpaired) electrons. The summed E-state index contributed by atoms with van der Waals surface area (Å²) in [6, 6.07) is 0. The van der Waals surface area contributed by atoms with Gasteiger partial charge in [0.2, 0.25) is 5.97 Å². The molecule has 0 aliphatic heterocycles. The Labute approximate surface area is 118 Å². The molecule has 2 heterocycles. The van der Waals surface area contributed by atoms with E-state index < -0.39 is 40.2 Å². The van der Waals surface area contributed by atoms with Crippen molar-refractivity contribution in [2.75, 3.05) is 0 Å². The number of fused-ring (bicyclic) bond motifs is 2. The van der Waals surface area contributed by atoms with E-state index in [0.717, 1.165) is 0 Å². The van der Waals surface area contributed by atoms with Gasteiger partial charge in [0.15, 0.2) is 0 Å². The summed E-state index contributed by atoms with van der Waals surface area (Å²) in [4.78, 5) is 15.5. The van der Waals surface area contributed by atoms with Crippen LogP contribution in [0.15, 0.2) is 9.26 Å². The Bertz CT molecular complexity index is 761. The molecule has 0 fully saturated rings. The average Bonchev–Trinajstić information content (AvgIpc) is 2.93. The van der Waals surface area contributed by atoms with Gasteiger partial charge in [-0.2, -0.15) is 0 Å². The molecule has 2 aromatic heterocycles. The van der Waals surface area contributed by atoms with Crippen LogP contribution < -0.4 is 27.0 Å². The maximum atomic E-state index is 12.0. The first-order valence-corrected chi connectivity index (χ1v) is 5.35. The smallest absolute Gasteiger partial charge is 0.359 e. The van der Waals surface area contributed by atoms with Crippen molar-refractivity contribution in [3.05, 3.63) is 38.4 Å². The highest BCUT2D eigenvalue weighted by atomic mass is 16.9. The van der Waals surface area contributed by atoms with Gasteiger partial charge in [-0.25, -0.2) is 0 Å². The van der Waals surface area contributed by atoms with Crippen LogP contribution in [0.1, 0.15) is 27.6 Å². The Morgan fingerprint density at radius 2 is 1.55 bits per heavy atom. The lowest BCUT2D eigenvalue weighted by Gasteiger charge is -2.21. The summed E-state index contributed by atoms with van der Waals surface area (Å²) >= 11 is 0. The van der Waals surface area contributed by atoms with Crippen molar-refractivity contribution >= 4 is 11.5 Å². The van der Waals surface area contributed by atoms with Gasteiger partial charge in [0.05, 0.1) is 15.2 Å². The first-order valence-electron chi connectivity index (χ1n) is 5.35. The van der Waals surface area contributed by atoms with Gasteiger partial charge < -0.3 is 15.3 Å². The monoisotopic (exact) mass is 314 g/mol. The number of carbonyl (C=O) groups is 1. The number of carbonyl (C=O) groups excluding carboxylic acids is 1. The zero-order valence-corrected chi connectivity index (χ0v) is 10.3. The summed E-state index contributed by atoms with van der Waals surface area (Å²) in [5.74, 6) is -3.51. The number of rotatable bonds is 2. The van der Waals surface area contributed by atoms with Crippen LogP contribution in [-0.2, 0) is 4.84 Å². The number of hydrogen-bond donors (Lipinski definition) is 3. The van der Waals surface area contributed by atoms with Crippen molar-refractivity contribution in [3.8, 4) is 0 Å². The quantitative estimate of drug-likeness (QED) is 0.229. The molecule has 0 aromatic carbocycles. The van der Waals surface area contributed by atoms with Gasteiger partial charge in [-0.3, -0.25) is 36.5 Å². The highest BCUT2D eigenvalue weighted by Gasteiger charge is 2.53. The van der Waals surface area contributed by atoms with Crippen LogP contribution in [-0.4, -0.2) is 32.7 Å². The Kier molecular flexibility index (Phi) is 2.55. The molecule has 0 atom stereocenters. The van der Waals surface area contributed by atoms with Crippen LogP contribution in [0, 0.1) is 15.6 Å². The number of nitrogens with two attached hydrogens (primary N) is 3. The molecule has 116 valence electrons. The van der Waals surface area contributed by atoms with E-state index in [1.54, 1.807) is 0 Å². The second kappa shape index (κ2) is 4.10. The summed E-state index contributed by atoms with van der Waals surface area (Å²) in [6.45, 7) is 0. The largest absolute Gasteiger partial charge is 0.383 e. The summed E-state index contributed by atoms with van der Waals surface area (Å²) < 4.78 is 8.45. The van der Waals surface area contributed by atoms with Crippen molar-refractivity contribution in [1.82, 2.24) is 10.3 Å². The molecule has 15 nitrogen and oxygen atoms in total. The molecule has 0 saturated carbocycles. The fraction of sp³-hybridized carbons (Fsp3) is 0.143. The van der Waals surface area contributed by atoms with Gasteiger partial charge in [-0.05, 0) is 9.81 Å². The molecule has 2 aromatic rings. The lowest BCUT2D eigenvalue weighted by Crippen LogP contribution is -2.61. The van der Waals surface area contributed by atoms with Crippen LogP contribution in [0.5, 0.6) is 0 Å². The number of hydrogen-bond acceptors (Lipinski definition) is 12. The van der Waals surface area contributed by atoms with E-state index in [0.29, 0.717) is 0 Å². The molecule has 3 rings (SSSR count). The predicted molar refractivity (Wildman–Crippen MR) is 57.6 cm³/mol. The zero-order chi connectivity index (χ0) is 16.2. The zero-order valence-electron chi connectivity index (χ0n) is 10.3. The number of nitrogens with zero attached hydrogens (tertiary/aromatic N) is 5. The van der Waals surface area contributed by atoms with Crippen LogP contribution >= 0.6 is 0 Å². The molecule has 1 aliphatic carbocycles. The first kappa shape index (κ1) is 13.7. The molecule has 1 aliphatic rings. The predicted octanol–water partition coefficient (Wildman–Crippen LogP) is -4.76. The van der Waals surface area contributed by atoms with Crippen LogP contribution in [0.3, 0.4) is 0 Å². The minimum atomic E-state index is -2.40. The fourth-order valence-electron chi connectivity index (χ4n) is 1.78. The van der Waals surface area contributed by atoms with Gasteiger partial charge >= 0.3 is 17.1 Å². The van der Waals surface area contributed by atoms with Crippen molar-refractivity contribution < 1.29 is 33.6 Å². The standard InChI is InChI=1S/C7H6N8O7/c8-7(9,10)20-13(17)3-1-4(14(18)21-11-1)6(16)5-2(3)12-22-15(5)19/h8-10H2. The third-order valence-corrected chi connectivity index (χ3v) is 2.53. The summed E-state index contributed by atoms with van der Waals surface area (Å²) in [7, 11) is 0. The van der Waals surface area contributed by atoms with Crippen LogP contribution in [0.25, 0.3) is 0 Å². The molecule has 22 heavy (non-hydrogen) atoms. The Balaban J connectivity index is 2.30. The second-order valence-electron chi connectivity index (χ2n) is 4.13. The minimum absolute atomic E-state index is 0.304. The van der Waals surface area contributed by atoms with Gasteiger partial charge in [0.25, 0.3) is 17.2 Å². The Morgan fingerprint density at radius 3 is 1.95 bits per heavy atom. The number of ketones is 1. The lowest BCUT2D eigenvalue weighted by atomic mass is 9.98. The third kappa shape index (κ3) is 1.81. The van der Waals surface area contributed by atoms with E-state index in [1.165, 1.54) is 0 Å². The maximum Gasteiger partial charge on any atom is 0.383 e. The molecule has 0 spiro atoms. The highest BCUT2D eigenvalue weighted by Crippen LogP contribution is 2.21. The summed E-state index contributed by atoms with van der Waals surface area (Å²) in [6.07, 6.45) is 0. The van der Waals surface area contributed by atoms with Crippen LogP contribution in [0.4, 0.5) is 0 Å². The highest BCUT2D eigenvalue weighted by molar-refractivity contribution is 6.24. The molecule has 0 unspecified atom stereocenters. The lowest BCUT2D eigenvalue weighted by molar-refractivity contribution is -0.809. The minimum Gasteiger partial charge on any atom is -0.359 e. The molecular formula is C7H6N8O7. The van der Waals surface area contributed by atoms with Crippen LogP contribution in [0.2, 0.25) is 0 Å². The van der Waals surface area contributed by atoms with E-state index in [4.69, 9.17) is 17.2 Å². The SMILES string of the molecule is NC(N)(N)O[N+]([O-])=C1c2no[n+]([O-])c2C(=O)c2c1no[n+]2[O-]. The van der Waals surface area contributed by atoms with Gasteiger partial charge in [0.1, 0.15) is 0 Å². The van der Waals surface area contributed by atoms with Crippen molar-refractivity contribution in [2.24, 2.45) is 17.2 Å². The molecule has 0 amide bonds.